The zero-order valence-corrected chi connectivity index (χ0v) is 13.6. The fourth-order valence-corrected chi connectivity index (χ4v) is 3.39. The molecule has 0 bridgehead atoms. The second kappa shape index (κ2) is 6.19. The quantitative estimate of drug-likeness (QED) is 0.772. The molecule has 4 heterocycles. The van der Waals surface area contributed by atoms with E-state index in [4.69, 9.17) is 0 Å². The Labute approximate surface area is 145 Å². The lowest BCUT2D eigenvalue weighted by molar-refractivity contribution is -0.148. The smallest absolute Gasteiger partial charge is 0.345 e. The number of amides is 1. The molecule has 0 spiro atoms. The van der Waals surface area contributed by atoms with Gasteiger partial charge in [0.15, 0.2) is 11.3 Å². The van der Waals surface area contributed by atoms with Crippen molar-refractivity contribution in [3.05, 3.63) is 24.3 Å². The second-order valence-corrected chi connectivity index (χ2v) is 6.34. The molecule has 1 saturated heterocycles. The molecule has 1 N–H and O–H groups in total. The SMILES string of the molecule is O=C(CCC(F)(F)F)N1CCC(c2ncnc3nnc4[nH]ccc4c23)C1. The van der Waals surface area contributed by atoms with E-state index in [0.717, 1.165) is 16.5 Å². The Morgan fingerprint density at radius 1 is 1.31 bits per heavy atom. The van der Waals surface area contributed by atoms with Crippen molar-refractivity contribution in [3.63, 3.8) is 0 Å². The minimum Gasteiger partial charge on any atom is -0.345 e. The third-order valence-corrected chi connectivity index (χ3v) is 4.65. The number of alkyl halides is 3. The van der Waals surface area contributed by atoms with E-state index in [1.54, 1.807) is 6.20 Å². The van der Waals surface area contributed by atoms with Crippen molar-refractivity contribution in [1.82, 2.24) is 30.0 Å². The fraction of sp³-hybridized carbons (Fsp3) is 0.438. The lowest BCUT2D eigenvalue weighted by Crippen LogP contribution is -2.29. The lowest BCUT2D eigenvalue weighted by atomic mass is 10.00. The van der Waals surface area contributed by atoms with E-state index in [1.165, 1.54) is 11.2 Å². The highest BCUT2D eigenvalue weighted by atomic mass is 19.4. The molecule has 0 radical (unpaired) electrons. The predicted molar refractivity (Wildman–Crippen MR) is 86.2 cm³/mol. The van der Waals surface area contributed by atoms with E-state index in [2.05, 4.69) is 25.1 Å². The van der Waals surface area contributed by atoms with Crippen LogP contribution >= 0.6 is 0 Å². The van der Waals surface area contributed by atoms with Gasteiger partial charge in [0.1, 0.15) is 6.33 Å². The summed E-state index contributed by atoms with van der Waals surface area (Å²) in [6.45, 7) is 0.763. The molecule has 136 valence electrons. The van der Waals surface area contributed by atoms with Crippen LogP contribution in [0.3, 0.4) is 0 Å². The summed E-state index contributed by atoms with van der Waals surface area (Å²) < 4.78 is 37.0. The van der Waals surface area contributed by atoms with Gasteiger partial charge in [-0.2, -0.15) is 13.2 Å². The Kier molecular flexibility index (Phi) is 3.97. The molecule has 1 fully saturated rings. The summed E-state index contributed by atoms with van der Waals surface area (Å²) in [7, 11) is 0. The summed E-state index contributed by atoms with van der Waals surface area (Å²) in [6, 6.07) is 1.86. The average Bonchev–Trinajstić information content (AvgIpc) is 3.27. The molecule has 1 amide bonds. The van der Waals surface area contributed by atoms with E-state index in [0.29, 0.717) is 30.8 Å². The normalized spacial score (nSPS) is 18.1. The molecule has 3 aromatic rings. The van der Waals surface area contributed by atoms with Gasteiger partial charge in [-0.3, -0.25) is 4.79 Å². The van der Waals surface area contributed by atoms with Gasteiger partial charge in [0, 0.05) is 37.0 Å². The number of hydrogen-bond donors (Lipinski definition) is 1. The number of nitrogens with one attached hydrogen (secondary N) is 1. The molecular weight excluding hydrogens is 349 g/mol. The molecule has 3 aromatic heterocycles. The maximum atomic E-state index is 12.3. The van der Waals surface area contributed by atoms with Crippen molar-refractivity contribution in [1.29, 1.82) is 0 Å². The number of likely N-dealkylation sites (tertiary alicyclic amines) is 1. The van der Waals surface area contributed by atoms with E-state index in [9.17, 15) is 18.0 Å². The fourth-order valence-electron chi connectivity index (χ4n) is 3.39. The van der Waals surface area contributed by atoms with Crippen LogP contribution in [0.5, 0.6) is 0 Å². The number of rotatable bonds is 3. The maximum absolute atomic E-state index is 12.3. The third kappa shape index (κ3) is 3.06. The predicted octanol–water partition coefficient (Wildman–Crippen LogP) is 2.56. The highest BCUT2D eigenvalue weighted by Gasteiger charge is 2.33. The van der Waals surface area contributed by atoms with Gasteiger partial charge in [0.25, 0.3) is 0 Å². The number of carbonyl (C=O) groups excluding carboxylic acids is 1. The Morgan fingerprint density at radius 3 is 2.96 bits per heavy atom. The first-order chi connectivity index (χ1) is 12.4. The van der Waals surface area contributed by atoms with Gasteiger partial charge >= 0.3 is 6.18 Å². The minimum absolute atomic E-state index is 0.0716. The molecule has 1 aliphatic rings. The summed E-state index contributed by atoms with van der Waals surface area (Å²) in [4.78, 5) is 25.1. The molecule has 1 atom stereocenters. The van der Waals surface area contributed by atoms with Gasteiger partial charge in [-0.1, -0.05) is 0 Å². The van der Waals surface area contributed by atoms with Crippen molar-refractivity contribution in [2.45, 2.75) is 31.4 Å². The van der Waals surface area contributed by atoms with E-state index >= 15 is 0 Å². The summed E-state index contributed by atoms with van der Waals surface area (Å²) in [5.74, 6) is -0.549. The molecule has 7 nitrogen and oxygen atoms in total. The van der Waals surface area contributed by atoms with Crippen LogP contribution in [-0.4, -0.2) is 55.2 Å². The van der Waals surface area contributed by atoms with Crippen LogP contribution in [0.4, 0.5) is 13.2 Å². The number of carbonyl (C=O) groups is 1. The van der Waals surface area contributed by atoms with E-state index in [-0.39, 0.29) is 5.92 Å². The van der Waals surface area contributed by atoms with Crippen LogP contribution in [0, 0.1) is 0 Å². The Hall–Kier alpha value is -2.78. The number of H-pyrrole nitrogens is 1. The molecule has 0 saturated carbocycles. The van der Waals surface area contributed by atoms with Gasteiger partial charge < -0.3 is 9.88 Å². The first-order valence-corrected chi connectivity index (χ1v) is 8.21. The monoisotopic (exact) mass is 364 g/mol. The molecule has 4 rings (SSSR count). The number of halogens is 3. The van der Waals surface area contributed by atoms with Gasteiger partial charge in [0.2, 0.25) is 5.91 Å². The van der Waals surface area contributed by atoms with Crippen LogP contribution < -0.4 is 0 Å². The highest BCUT2D eigenvalue weighted by molar-refractivity contribution is 6.02. The molecule has 0 aromatic carbocycles. The topological polar surface area (TPSA) is 87.7 Å². The second-order valence-electron chi connectivity index (χ2n) is 6.34. The number of aromatic amines is 1. The molecular formula is C16H15F3N6O. The van der Waals surface area contributed by atoms with Crippen LogP contribution in [0.15, 0.2) is 18.6 Å². The lowest BCUT2D eigenvalue weighted by Gasteiger charge is -2.17. The molecule has 1 unspecified atom stereocenters. The largest absolute Gasteiger partial charge is 0.389 e. The van der Waals surface area contributed by atoms with Crippen LogP contribution in [0.25, 0.3) is 22.1 Å². The first-order valence-electron chi connectivity index (χ1n) is 8.21. The van der Waals surface area contributed by atoms with E-state index < -0.39 is 24.9 Å². The van der Waals surface area contributed by atoms with Crippen molar-refractivity contribution < 1.29 is 18.0 Å². The first kappa shape index (κ1) is 16.7. The highest BCUT2D eigenvalue weighted by Crippen LogP contribution is 2.33. The Morgan fingerprint density at radius 2 is 2.15 bits per heavy atom. The zero-order chi connectivity index (χ0) is 18.3. The van der Waals surface area contributed by atoms with Crippen molar-refractivity contribution >= 4 is 28.0 Å². The minimum atomic E-state index is -4.32. The molecule has 26 heavy (non-hydrogen) atoms. The van der Waals surface area contributed by atoms with E-state index in [1.807, 2.05) is 6.07 Å². The Bertz CT molecular complexity index is 969. The van der Waals surface area contributed by atoms with Crippen molar-refractivity contribution in [2.24, 2.45) is 0 Å². The molecule has 0 aliphatic carbocycles. The maximum Gasteiger partial charge on any atom is 0.389 e. The summed E-state index contributed by atoms with van der Waals surface area (Å²) in [6.07, 6.45) is -2.15. The third-order valence-electron chi connectivity index (χ3n) is 4.65. The number of aromatic nitrogens is 5. The molecule has 10 heteroatoms. The number of hydrogen-bond acceptors (Lipinski definition) is 5. The summed E-state index contributed by atoms with van der Waals surface area (Å²) in [5.41, 5.74) is 1.83. The Balaban J connectivity index is 1.59. The van der Waals surface area contributed by atoms with Crippen molar-refractivity contribution in [2.75, 3.05) is 13.1 Å². The van der Waals surface area contributed by atoms with Gasteiger partial charge in [-0.05, 0) is 12.5 Å². The van der Waals surface area contributed by atoms with Crippen molar-refractivity contribution in [3.8, 4) is 0 Å². The standard InChI is InChI=1S/C16H15F3N6O/c17-16(18,19)4-1-11(26)25-6-3-9(7-25)13-12-10-2-5-20-14(10)23-24-15(12)22-8-21-13/h2,5,8-9H,1,3-4,6-7H2,(H,20,23). The molecule has 1 aliphatic heterocycles. The summed E-state index contributed by atoms with van der Waals surface area (Å²) in [5, 5.41) is 9.76. The van der Waals surface area contributed by atoms with Crippen LogP contribution in [0.2, 0.25) is 0 Å². The number of nitrogens with zero attached hydrogens (tertiary/aromatic N) is 5. The van der Waals surface area contributed by atoms with Gasteiger partial charge in [-0.25, -0.2) is 9.97 Å². The van der Waals surface area contributed by atoms with Gasteiger partial charge in [-0.15, -0.1) is 10.2 Å². The number of fused-ring (bicyclic) bond motifs is 3. The average molecular weight is 364 g/mol. The van der Waals surface area contributed by atoms with Gasteiger partial charge in [0.05, 0.1) is 17.5 Å². The summed E-state index contributed by atoms with van der Waals surface area (Å²) >= 11 is 0. The van der Waals surface area contributed by atoms with Crippen LogP contribution in [0.1, 0.15) is 30.9 Å². The zero-order valence-electron chi connectivity index (χ0n) is 13.6. The van der Waals surface area contributed by atoms with Crippen LogP contribution in [-0.2, 0) is 4.79 Å².